The van der Waals surface area contributed by atoms with Gasteiger partial charge < -0.3 is 16.4 Å². The summed E-state index contributed by atoms with van der Waals surface area (Å²) in [6, 6.07) is 12.3. The van der Waals surface area contributed by atoms with E-state index in [4.69, 9.17) is 5.73 Å². The monoisotopic (exact) mass is 313 g/mol. The lowest BCUT2D eigenvalue weighted by Crippen LogP contribution is -2.37. The van der Waals surface area contributed by atoms with E-state index in [1.54, 1.807) is 6.07 Å². The number of rotatable bonds is 4. The standard InChI is InChI=1S/C18H20FN3O/c19-17-14-8-9-21-11-13(14)6-7-16(17)22-18(23)15(20)10-12-4-2-1-3-5-12/h1-7,15,21H,8-11,20H2,(H,22,23)/t15-/m0/s1. The van der Waals surface area contributed by atoms with Gasteiger partial charge in [-0.05, 0) is 42.1 Å². The number of anilines is 1. The van der Waals surface area contributed by atoms with Gasteiger partial charge in [-0.1, -0.05) is 36.4 Å². The summed E-state index contributed by atoms with van der Waals surface area (Å²) >= 11 is 0. The third-order valence-electron chi connectivity index (χ3n) is 4.10. The number of hydrogen-bond acceptors (Lipinski definition) is 3. The summed E-state index contributed by atoms with van der Waals surface area (Å²) in [4.78, 5) is 12.2. The average molecular weight is 313 g/mol. The molecular weight excluding hydrogens is 293 g/mol. The van der Waals surface area contributed by atoms with Crippen molar-refractivity contribution < 1.29 is 9.18 Å². The molecule has 2 aromatic rings. The lowest BCUT2D eigenvalue weighted by atomic mass is 9.99. The molecule has 0 spiro atoms. The van der Waals surface area contributed by atoms with Crippen LogP contribution < -0.4 is 16.4 Å². The molecule has 1 aliphatic heterocycles. The number of carbonyl (C=O) groups excluding carboxylic acids is 1. The normalized spacial score (nSPS) is 14.9. The number of halogens is 1. The predicted molar refractivity (Wildman–Crippen MR) is 88.6 cm³/mol. The second-order valence-electron chi connectivity index (χ2n) is 5.78. The molecule has 5 heteroatoms. The van der Waals surface area contributed by atoms with E-state index in [1.807, 2.05) is 36.4 Å². The van der Waals surface area contributed by atoms with Crippen molar-refractivity contribution in [2.24, 2.45) is 5.73 Å². The molecule has 2 aromatic carbocycles. The highest BCUT2D eigenvalue weighted by Crippen LogP contribution is 2.24. The Morgan fingerprint density at radius 3 is 2.83 bits per heavy atom. The quantitative estimate of drug-likeness (QED) is 0.808. The molecule has 0 saturated carbocycles. The van der Waals surface area contributed by atoms with E-state index in [2.05, 4.69) is 10.6 Å². The molecule has 1 amide bonds. The number of nitrogens with one attached hydrogen (secondary N) is 2. The minimum absolute atomic E-state index is 0.208. The lowest BCUT2D eigenvalue weighted by Gasteiger charge is -2.20. The Labute approximate surface area is 134 Å². The molecule has 0 saturated heterocycles. The number of carbonyl (C=O) groups is 1. The van der Waals surface area contributed by atoms with Gasteiger partial charge in [-0.3, -0.25) is 4.79 Å². The van der Waals surface area contributed by atoms with Crippen molar-refractivity contribution >= 4 is 11.6 Å². The van der Waals surface area contributed by atoms with E-state index >= 15 is 0 Å². The summed E-state index contributed by atoms with van der Waals surface area (Å²) in [6.07, 6.45) is 1.05. The van der Waals surface area contributed by atoms with Crippen LogP contribution in [0, 0.1) is 5.82 Å². The Morgan fingerprint density at radius 1 is 1.26 bits per heavy atom. The average Bonchev–Trinajstić information content (AvgIpc) is 2.58. The van der Waals surface area contributed by atoms with Crippen LogP contribution in [-0.2, 0) is 24.2 Å². The van der Waals surface area contributed by atoms with Crippen LogP contribution in [0.1, 0.15) is 16.7 Å². The fraction of sp³-hybridized carbons (Fsp3) is 0.278. The molecule has 4 nitrogen and oxygen atoms in total. The van der Waals surface area contributed by atoms with Crippen molar-refractivity contribution in [3.05, 3.63) is 65.0 Å². The molecule has 23 heavy (non-hydrogen) atoms. The van der Waals surface area contributed by atoms with Gasteiger partial charge in [0.05, 0.1) is 11.7 Å². The van der Waals surface area contributed by atoms with Gasteiger partial charge in [0.25, 0.3) is 0 Å². The first kappa shape index (κ1) is 15.6. The third-order valence-corrected chi connectivity index (χ3v) is 4.10. The summed E-state index contributed by atoms with van der Waals surface area (Å²) in [5.41, 5.74) is 8.75. The van der Waals surface area contributed by atoms with Gasteiger partial charge in [-0.2, -0.15) is 0 Å². The second-order valence-corrected chi connectivity index (χ2v) is 5.78. The zero-order valence-electron chi connectivity index (χ0n) is 12.8. The second kappa shape index (κ2) is 6.89. The van der Waals surface area contributed by atoms with E-state index in [1.165, 1.54) is 0 Å². The molecule has 0 fully saturated rings. The van der Waals surface area contributed by atoms with Crippen LogP contribution >= 0.6 is 0 Å². The van der Waals surface area contributed by atoms with Gasteiger partial charge in [0, 0.05) is 6.54 Å². The molecular formula is C18H20FN3O. The van der Waals surface area contributed by atoms with Gasteiger partial charge in [0.1, 0.15) is 5.82 Å². The van der Waals surface area contributed by atoms with Gasteiger partial charge in [-0.15, -0.1) is 0 Å². The van der Waals surface area contributed by atoms with Crippen molar-refractivity contribution in [3.8, 4) is 0 Å². The molecule has 0 radical (unpaired) electrons. The number of nitrogens with two attached hydrogens (primary N) is 1. The molecule has 0 bridgehead atoms. The first-order valence-electron chi connectivity index (χ1n) is 7.76. The molecule has 0 unspecified atom stereocenters. The molecule has 1 atom stereocenters. The van der Waals surface area contributed by atoms with Crippen molar-refractivity contribution in [2.75, 3.05) is 11.9 Å². The van der Waals surface area contributed by atoms with E-state index in [0.717, 1.165) is 17.7 Å². The maximum atomic E-state index is 14.5. The summed E-state index contributed by atoms with van der Waals surface area (Å²) < 4.78 is 14.5. The largest absolute Gasteiger partial charge is 0.322 e. The molecule has 120 valence electrons. The highest BCUT2D eigenvalue weighted by molar-refractivity contribution is 5.95. The Bertz CT molecular complexity index is 703. The third kappa shape index (κ3) is 3.57. The molecule has 4 N–H and O–H groups in total. The molecule has 0 aromatic heterocycles. The fourth-order valence-corrected chi connectivity index (χ4v) is 2.82. The van der Waals surface area contributed by atoms with Crippen LogP contribution in [0.25, 0.3) is 0 Å². The fourth-order valence-electron chi connectivity index (χ4n) is 2.82. The minimum atomic E-state index is -0.713. The summed E-state index contributed by atoms with van der Waals surface area (Å²) in [7, 11) is 0. The number of benzene rings is 2. The van der Waals surface area contributed by atoms with Gasteiger partial charge in [0.2, 0.25) is 5.91 Å². The van der Waals surface area contributed by atoms with Crippen LogP contribution in [0.2, 0.25) is 0 Å². The Hall–Kier alpha value is -2.24. The van der Waals surface area contributed by atoms with E-state index in [-0.39, 0.29) is 17.4 Å². The van der Waals surface area contributed by atoms with Gasteiger partial charge >= 0.3 is 0 Å². The van der Waals surface area contributed by atoms with Crippen molar-refractivity contribution in [3.63, 3.8) is 0 Å². The summed E-state index contributed by atoms with van der Waals surface area (Å²) in [6.45, 7) is 1.41. The van der Waals surface area contributed by atoms with Crippen LogP contribution in [0.15, 0.2) is 42.5 Å². The summed E-state index contributed by atoms with van der Waals surface area (Å²) in [5.74, 6) is -0.717. The maximum Gasteiger partial charge on any atom is 0.241 e. The summed E-state index contributed by atoms with van der Waals surface area (Å²) in [5, 5.41) is 5.82. The maximum absolute atomic E-state index is 14.5. The smallest absolute Gasteiger partial charge is 0.241 e. The highest BCUT2D eigenvalue weighted by atomic mass is 19.1. The van der Waals surface area contributed by atoms with Crippen LogP contribution in [0.3, 0.4) is 0 Å². The van der Waals surface area contributed by atoms with Gasteiger partial charge in [0.15, 0.2) is 0 Å². The van der Waals surface area contributed by atoms with Crippen LogP contribution in [-0.4, -0.2) is 18.5 Å². The lowest BCUT2D eigenvalue weighted by molar-refractivity contribution is -0.117. The molecule has 0 aliphatic carbocycles. The predicted octanol–water partition coefficient (Wildman–Crippen LogP) is 1.98. The Balaban J connectivity index is 1.70. The molecule has 1 heterocycles. The Morgan fingerprint density at radius 2 is 2.04 bits per heavy atom. The zero-order valence-corrected chi connectivity index (χ0v) is 12.8. The van der Waals surface area contributed by atoms with E-state index in [0.29, 0.717) is 24.9 Å². The number of hydrogen-bond donors (Lipinski definition) is 3. The van der Waals surface area contributed by atoms with E-state index in [9.17, 15) is 9.18 Å². The topological polar surface area (TPSA) is 67.2 Å². The van der Waals surface area contributed by atoms with E-state index < -0.39 is 6.04 Å². The molecule has 1 aliphatic rings. The van der Waals surface area contributed by atoms with Crippen molar-refractivity contribution in [1.82, 2.24) is 5.32 Å². The van der Waals surface area contributed by atoms with Crippen LogP contribution in [0.4, 0.5) is 10.1 Å². The van der Waals surface area contributed by atoms with Crippen LogP contribution in [0.5, 0.6) is 0 Å². The number of amides is 1. The SMILES string of the molecule is N[C@@H](Cc1ccccc1)C(=O)Nc1ccc2c(c1F)CCNC2. The highest BCUT2D eigenvalue weighted by Gasteiger charge is 2.20. The van der Waals surface area contributed by atoms with Gasteiger partial charge in [-0.25, -0.2) is 4.39 Å². The first-order valence-corrected chi connectivity index (χ1v) is 7.76. The Kier molecular flexibility index (Phi) is 4.69. The molecule has 3 rings (SSSR count). The minimum Gasteiger partial charge on any atom is -0.322 e. The zero-order chi connectivity index (χ0) is 16.2. The number of fused-ring (bicyclic) bond motifs is 1. The van der Waals surface area contributed by atoms with Crippen molar-refractivity contribution in [2.45, 2.75) is 25.4 Å². The first-order chi connectivity index (χ1) is 11.1. The van der Waals surface area contributed by atoms with Crippen molar-refractivity contribution in [1.29, 1.82) is 0 Å².